The molecular weight excluding hydrogens is 329 g/mol. The molecule has 0 spiro atoms. The number of rotatable bonds is 3. The molecule has 0 radical (unpaired) electrons. The third kappa shape index (κ3) is 4.04. The Morgan fingerprint density at radius 1 is 0.957 bits per heavy atom. The van der Waals surface area contributed by atoms with E-state index in [-0.39, 0.29) is 0 Å². The number of thioether (sulfide) groups is 1. The summed E-state index contributed by atoms with van der Waals surface area (Å²) in [4.78, 5) is 24.3. The number of amides is 2. The number of halogens is 3. The average molecular weight is 340 g/mol. The first-order chi connectivity index (χ1) is 10.9. The standard InChI is InChI=1S/C15H11F3N2O2S/c1-23-9-4-2-3-8(7-9)19-14(21)15(22)20-11-6-5-10(16)12(17)13(11)18/h2-7H,1H3,(H,19,21)(H,20,22). The van der Waals surface area contributed by atoms with Gasteiger partial charge in [0.25, 0.3) is 0 Å². The molecule has 0 aliphatic rings. The molecule has 120 valence electrons. The van der Waals surface area contributed by atoms with Crippen molar-refractivity contribution in [3.63, 3.8) is 0 Å². The van der Waals surface area contributed by atoms with Crippen LogP contribution in [0.15, 0.2) is 41.3 Å². The zero-order valence-electron chi connectivity index (χ0n) is 11.8. The summed E-state index contributed by atoms with van der Waals surface area (Å²) in [6.45, 7) is 0. The van der Waals surface area contributed by atoms with E-state index in [0.717, 1.165) is 11.0 Å². The summed E-state index contributed by atoms with van der Waals surface area (Å²) in [5.74, 6) is -6.96. The monoisotopic (exact) mass is 340 g/mol. The van der Waals surface area contributed by atoms with Crippen LogP contribution in [0.2, 0.25) is 0 Å². The van der Waals surface area contributed by atoms with Gasteiger partial charge in [0.15, 0.2) is 17.5 Å². The first-order valence-electron chi connectivity index (χ1n) is 6.32. The minimum absolute atomic E-state index is 0.378. The SMILES string of the molecule is CSc1cccc(NC(=O)C(=O)Nc2ccc(F)c(F)c2F)c1. The Morgan fingerprint density at radius 2 is 1.65 bits per heavy atom. The van der Waals surface area contributed by atoms with Crippen LogP contribution in [-0.2, 0) is 9.59 Å². The van der Waals surface area contributed by atoms with E-state index in [2.05, 4.69) is 5.32 Å². The lowest BCUT2D eigenvalue weighted by atomic mass is 10.2. The summed E-state index contributed by atoms with van der Waals surface area (Å²) < 4.78 is 39.3. The summed E-state index contributed by atoms with van der Waals surface area (Å²) in [5, 5.41) is 4.22. The van der Waals surface area contributed by atoms with Crippen molar-refractivity contribution in [2.45, 2.75) is 4.90 Å². The number of hydrogen-bond donors (Lipinski definition) is 2. The van der Waals surface area contributed by atoms with Crippen LogP contribution in [0.3, 0.4) is 0 Å². The van der Waals surface area contributed by atoms with E-state index < -0.39 is 35.0 Å². The Kier molecular flexibility index (Phi) is 5.28. The average Bonchev–Trinajstić information content (AvgIpc) is 2.55. The van der Waals surface area contributed by atoms with E-state index >= 15 is 0 Å². The Hall–Kier alpha value is -2.48. The molecule has 4 nitrogen and oxygen atoms in total. The first kappa shape index (κ1) is 16.9. The zero-order chi connectivity index (χ0) is 17.0. The Morgan fingerprint density at radius 3 is 2.35 bits per heavy atom. The third-order valence-corrected chi connectivity index (χ3v) is 3.54. The fourth-order valence-corrected chi connectivity index (χ4v) is 2.15. The van der Waals surface area contributed by atoms with Crippen molar-refractivity contribution in [2.75, 3.05) is 16.9 Å². The molecule has 2 N–H and O–H groups in total. The second kappa shape index (κ2) is 7.19. The van der Waals surface area contributed by atoms with Gasteiger partial charge in [-0.15, -0.1) is 11.8 Å². The van der Waals surface area contributed by atoms with Crippen LogP contribution in [0.25, 0.3) is 0 Å². The van der Waals surface area contributed by atoms with E-state index in [9.17, 15) is 22.8 Å². The van der Waals surface area contributed by atoms with Crippen molar-refractivity contribution in [3.05, 3.63) is 53.8 Å². The largest absolute Gasteiger partial charge is 0.318 e. The van der Waals surface area contributed by atoms with Crippen LogP contribution in [0, 0.1) is 17.5 Å². The number of carbonyl (C=O) groups excluding carboxylic acids is 2. The quantitative estimate of drug-likeness (QED) is 0.511. The Labute approximate surface area is 134 Å². The van der Waals surface area contributed by atoms with Gasteiger partial charge in [-0.3, -0.25) is 9.59 Å². The predicted octanol–water partition coefficient (Wildman–Crippen LogP) is 3.40. The third-order valence-electron chi connectivity index (χ3n) is 2.82. The highest BCUT2D eigenvalue weighted by Crippen LogP contribution is 2.20. The summed E-state index contributed by atoms with van der Waals surface area (Å²) in [6.07, 6.45) is 1.85. The highest BCUT2D eigenvalue weighted by molar-refractivity contribution is 7.98. The van der Waals surface area contributed by atoms with Crippen molar-refractivity contribution < 1.29 is 22.8 Å². The molecule has 0 saturated heterocycles. The summed E-state index contributed by atoms with van der Waals surface area (Å²) in [6, 6.07) is 8.20. The minimum atomic E-state index is -1.73. The van der Waals surface area contributed by atoms with Gasteiger partial charge in [0, 0.05) is 10.6 Å². The molecule has 0 saturated carbocycles. The highest BCUT2D eigenvalue weighted by Gasteiger charge is 2.19. The highest BCUT2D eigenvalue weighted by atomic mass is 32.2. The molecule has 0 unspecified atom stereocenters. The van der Waals surface area contributed by atoms with Crippen LogP contribution in [0.4, 0.5) is 24.5 Å². The van der Waals surface area contributed by atoms with Gasteiger partial charge in [0.1, 0.15) is 0 Å². The lowest BCUT2D eigenvalue weighted by molar-refractivity contribution is -0.133. The predicted molar refractivity (Wildman–Crippen MR) is 81.8 cm³/mol. The topological polar surface area (TPSA) is 58.2 Å². The smallest absolute Gasteiger partial charge is 0.314 e. The van der Waals surface area contributed by atoms with Gasteiger partial charge in [-0.25, -0.2) is 13.2 Å². The van der Waals surface area contributed by atoms with E-state index in [4.69, 9.17) is 0 Å². The maximum atomic E-state index is 13.4. The van der Waals surface area contributed by atoms with E-state index in [1.165, 1.54) is 11.8 Å². The van der Waals surface area contributed by atoms with Crippen molar-refractivity contribution in [1.29, 1.82) is 0 Å². The molecule has 0 heterocycles. The van der Waals surface area contributed by atoms with Gasteiger partial charge >= 0.3 is 11.8 Å². The van der Waals surface area contributed by atoms with Gasteiger partial charge in [-0.2, -0.15) is 0 Å². The Balaban J connectivity index is 2.08. The van der Waals surface area contributed by atoms with Crippen LogP contribution in [0.1, 0.15) is 0 Å². The summed E-state index contributed by atoms with van der Waals surface area (Å²) in [5.41, 5.74) is -0.246. The number of carbonyl (C=O) groups is 2. The molecule has 2 aromatic carbocycles. The lowest BCUT2D eigenvalue weighted by Crippen LogP contribution is -2.29. The van der Waals surface area contributed by atoms with Crippen LogP contribution < -0.4 is 10.6 Å². The van der Waals surface area contributed by atoms with Gasteiger partial charge in [-0.1, -0.05) is 6.07 Å². The van der Waals surface area contributed by atoms with Crippen molar-refractivity contribution in [2.24, 2.45) is 0 Å². The second-order valence-corrected chi connectivity index (χ2v) is 5.24. The van der Waals surface area contributed by atoms with Crippen molar-refractivity contribution in [3.8, 4) is 0 Å². The van der Waals surface area contributed by atoms with Crippen LogP contribution >= 0.6 is 11.8 Å². The number of benzene rings is 2. The van der Waals surface area contributed by atoms with Crippen LogP contribution in [0.5, 0.6) is 0 Å². The van der Waals surface area contributed by atoms with Gasteiger partial charge in [0.05, 0.1) is 5.69 Å². The van der Waals surface area contributed by atoms with Gasteiger partial charge in [0.2, 0.25) is 0 Å². The summed E-state index contributed by atoms with van der Waals surface area (Å²) in [7, 11) is 0. The molecule has 0 atom stereocenters. The van der Waals surface area contributed by atoms with E-state index in [1.54, 1.807) is 18.2 Å². The molecule has 0 aliphatic carbocycles. The molecule has 23 heavy (non-hydrogen) atoms. The molecule has 0 fully saturated rings. The molecule has 0 bridgehead atoms. The maximum Gasteiger partial charge on any atom is 0.314 e. The second-order valence-electron chi connectivity index (χ2n) is 4.36. The number of anilines is 2. The molecular formula is C15H11F3N2O2S. The molecule has 2 rings (SSSR count). The van der Waals surface area contributed by atoms with Crippen molar-refractivity contribution >= 4 is 35.0 Å². The summed E-state index contributed by atoms with van der Waals surface area (Å²) >= 11 is 1.45. The fourth-order valence-electron chi connectivity index (χ4n) is 1.69. The molecule has 0 aromatic heterocycles. The minimum Gasteiger partial charge on any atom is -0.318 e. The van der Waals surface area contributed by atoms with E-state index in [1.807, 2.05) is 17.6 Å². The number of hydrogen-bond acceptors (Lipinski definition) is 3. The molecule has 2 aromatic rings. The fraction of sp³-hybridized carbons (Fsp3) is 0.0667. The Bertz CT molecular complexity index is 768. The lowest BCUT2D eigenvalue weighted by Gasteiger charge is -2.08. The maximum absolute atomic E-state index is 13.4. The van der Waals surface area contributed by atoms with Crippen molar-refractivity contribution in [1.82, 2.24) is 0 Å². The molecule has 2 amide bonds. The van der Waals surface area contributed by atoms with Crippen LogP contribution in [-0.4, -0.2) is 18.1 Å². The van der Waals surface area contributed by atoms with Gasteiger partial charge < -0.3 is 10.6 Å². The zero-order valence-corrected chi connectivity index (χ0v) is 12.6. The molecule has 0 aliphatic heterocycles. The molecule has 8 heteroatoms. The van der Waals surface area contributed by atoms with Gasteiger partial charge in [-0.05, 0) is 36.6 Å². The normalized spacial score (nSPS) is 10.3. The number of nitrogens with one attached hydrogen (secondary N) is 2. The first-order valence-corrected chi connectivity index (χ1v) is 7.54. The van der Waals surface area contributed by atoms with E-state index in [0.29, 0.717) is 11.8 Å².